The second-order valence-corrected chi connectivity index (χ2v) is 5.34. The highest BCUT2D eigenvalue weighted by atomic mass is 16.7. The van der Waals surface area contributed by atoms with Crippen molar-refractivity contribution in [1.82, 2.24) is 0 Å². The maximum Gasteiger partial charge on any atom is 0.157 e. The van der Waals surface area contributed by atoms with Crippen molar-refractivity contribution < 1.29 is 14.3 Å². The number of fused-ring (bicyclic) bond motifs is 3. The first-order valence-electron chi connectivity index (χ1n) is 6.80. The van der Waals surface area contributed by atoms with E-state index in [9.17, 15) is 4.79 Å². The molecule has 94 valence electrons. The number of rotatable bonds is 3. The summed E-state index contributed by atoms with van der Waals surface area (Å²) in [6.45, 7) is 1.41. The molecule has 3 aliphatic carbocycles. The van der Waals surface area contributed by atoms with Crippen molar-refractivity contribution in [3.05, 3.63) is 12.2 Å². The summed E-state index contributed by atoms with van der Waals surface area (Å²) in [6, 6.07) is 0. The van der Waals surface area contributed by atoms with Gasteiger partial charge in [0.15, 0.2) is 6.29 Å². The topological polar surface area (TPSA) is 35.5 Å². The van der Waals surface area contributed by atoms with Crippen LogP contribution in [-0.4, -0.2) is 25.3 Å². The standard InChI is InChI=1S/C14H20O3/c15-14-11-3-1-2-10(4-5-11)12(14)6-7-13-16-8-9-17-13/h4-5,10-13H,1-3,6-9H2. The van der Waals surface area contributed by atoms with Crippen molar-refractivity contribution >= 4 is 5.78 Å². The van der Waals surface area contributed by atoms with Crippen LogP contribution in [0.25, 0.3) is 0 Å². The zero-order valence-corrected chi connectivity index (χ0v) is 10.1. The lowest BCUT2D eigenvalue weighted by Gasteiger charge is -2.27. The average Bonchev–Trinajstić information content (AvgIpc) is 2.67. The van der Waals surface area contributed by atoms with Crippen LogP contribution in [0.15, 0.2) is 12.2 Å². The molecule has 17 heavy (non-hydrogen) atoms. The van der Waals surface area contributed by atoms with Gasteiger partial charge in [0.05, 0.1) is 13.2 Å². The number of allylic oxidation sites excluding steroid dienone is 2. The highest BCUT2D eigenvalue weighted by Crippen LogP contribution is 2.38. The van der Waals surface area contributed by atoms with Crippen LogP contribution in [-0.2, 0) is 14.3 Å². The summed E-state index contributed by atoms with van der Waals surface area (Å²) in [6.07, 6.45) is 9.57. The predicted octanol–water partition coefficient (Wildman–Crippen LogP) is 2.31. The highest BCUT2D eigenvalue weighted by Gasteiger charge is 2.37. The van der Waals surface area contributed by atoms with Crippen LogP contribution in [0.1, 0.15) is 32.1 Å². The Morgan fingerprint density at radius 2 is 1.94 bits per heavy atom. The fourth-order valence-corrected chi connectivity index (χ4v) is 3.35. The van der Waals surface area contributed by atoms with Crippen LogP contribution >= 0.6 is 0 Å². The van der Waals surface area contributed by atoms with E-state index in [1.807, 2.05) is 0 Å². The van der Waals surface area contributed by atoms with E-state index in [1.165, 1.54) is 12.8 Å². The number of ketones is 1. The molecule has 0 aromatic carbocycles. The highest BCUT2D eigenvalue weighted by molar-refractivity contribution is 5.86. The van der Waals surface area contributed by atoms with E-state index >= 15 is 0 Å². The molecule has 0 aromatic heterocycles. The lowest BCUT2D eigenvalue weighted by molar-refractivity contribution is -0.127. The summed E-state index contributed by atoms with van der Waals surface area (Å²) < 4.78 is 10.9. The molecule has 0 N–H and O–H groups in total. The van der Waals surface area contributed by atoms with E-state index in [0.717, 1.165) is 19.3 Å². The van der Waals surface area contributed by atoms with Crippen LogP contribution in [0.4, 0.5) is 0 Å². The van der Waals surface area contributed by atoms with E-state index in [0.29, 0.717) is 24.9 Å². The van der Waals surface area contributed by atoms with Crippen molar-refractivity contribution in [2.45, 2.75) is 38.4 Å². The molecule has 1 aliphatic heterocycles. The van der Waals surface area contributed by atoms with Crippen molar-refractivity contribution in [3.63, 3.8) is 0 Å². The maximum absolute atomic E-state index is 12.3. The predicted molar refractivity (Wildman–Crippen MR) is 63.4 cm³/mol. The minimum absolute atomic E-state index is 0.0615. The molecule has 1 heterocycles. The van der Waals surface area contributed by atoms with Gasteiger partial charge in [0, 0.05) is 11.8 Å². The number of ether oxygens (including phenoxy) is 2. The number of hydrogen-bond acceptors (Lipinski definition) is 3. The summed E-state index contributed by atoms with van der Waals surface area (Å²) in [5.41, 5.74) is 0. The normalized spacial score (nSPS) is 37.6. The first-order chi connectivity index (χ1) is 8.34. The monoisotopic (exact) mass is 236 g/mol. The van der Waals surface area contributed by atoms with Gasteiger partial charge in [0.1, 0.15) is 5.78 Å². The van der Waals surface area contributed by atoms with Crippen molar-refractivity contribution in [2.75, 3.05) is 13.2 Å². The van der Waals surface area contributed by atoms with E-state index in [1.54, 1.807) is 0 Å². The zero-order valence-electron chi connectivity index (χ0n) is 10.1. The first-order valence-corrected chi connectivity index (χ1v) is 6.80. The van der Waals surface area contributed by atoms with E-state index in [-0.39, 0.29) is 18.1 Å². The van der Waals surface area contributed by atoms with Gasteiger partial charge >= 0.3 is 0 Å². The zero-order chi connectivity index (χ0) is 11.7. The average molecular weight is 236 g/mol. The smallest absolute Gasteiger partial charge is 0.157 e. The molecule has 3 atom stereocenters. The molecule has 4 aliphatic rings. The van der Waals surface area contributed by atoms with E-state index < -0.39 is 0 Å². The van der Waals surface area contributed by atoms with Crippen LogP contribution in [0.3, 0.4) is 0 Å². The largest absolute Gasteiger partial charge is 0.350 e. The molecule has 1 saturated heterocycles. The van der Waals surface area contributed by atoms with Gasteiger partial charge in [-0.3, -0.25) is 4.79 Å². The summed E-state index contributed by atoms with van der Waals surface area (Å²) in [5.74, 6) is 1.36. The van der Waals surface area contributed by atoms with Gasteiger partial charge < -0.3 is 9.47 Å². The maximum atomic E-state index is 12.3. The number of carbonyl (C=O) groups is 1. The fraction of sp³-hybridized carbons (Fsp3) is 0.786. The summed E-state index contributed by atoms with van der Waals surface area (Å²) in [5, 5.41) is 0. The summed E-state index contributed by atoms with van der Waals surface area (Å²) >= 11 is 0. The first kappa shape index (κ1) is 11.4. The minimum atomic E-state index is -0.0615. The molecule has 3 nitrogen and oxygen atoms in total. The van der Waals surface area contributed by atoms with Gasteiger partial charge in [0.25, 0.3) is 0 Å². The summed E-state index contributed by atoms with van der Waals surface area (Å²) in [4.78, 5) is 12.3. The molecule has 2 fully saturated rings. The second-order valence-electron chi connectivity index (χ2n) is 5.34. The fourth-order valence-electron chi connectivity index (χ4n) is 3.35. The second kappa shape index (κ2) is 4.91. The van der Waals surface area contributed by atoms with Crippen molar-refractivity contribution in [2.24, 2.45) is 17.8 Å². The van der Waals surface area contributed by atoms with Gasteiger partial charge in [-0.05, 0) is 31.6 Å². The van der Waals surface area contributed by atoms with Crippen LogP contribution in [0.5, 0.6) is 0 Å². The van der Waals surface area contributed by atoms with Gasteiger partial charge in [-0.1, -0.05) is 18.6 Å². The van der Waals surface area contributed by atoms with E-state index in [4.69, 9.17) is 9.47 Å². The Kier molecular flexibility index (Phi) is 3.30. The molecule has 1 saturated carbocycles. The van der Waals surface area contributed by atoms with Gasteiger partial charge in [-0.2, -0.15) is 0 Å². The van der Waals surface area contributed by atoms with Crippen LogP contribution < -0.4 is 0 Å². The molecule has 4 rings (SSSR count). The molecule has 0 radical (unpaired) electrons. The third-order valence-electron chi connectivity index (χ3n) is 4.30. The van der Waals surface area contributed by atoms with Gasteiger partial charge in [-0.15, -0.1) is 0 Å². The minimum Gasteiger partial charge on any atom is -0.350 e. The Balaban J connectivity index is 1.61. The molecule has 3 unspecified atom stereocenters. The SMILES string of the molecule is O=C1C2C=CC(CCC2)C1CCC1OCCO1. The van der Waals surface area contributed by atoms with Crippen molar-refractivity contribution in [1.29, 1.82) is 0 Å². The Labute approximate surface area is 102 Å². The summed E-state index contributed by atoms with van der Waals surface area (Å²) in [7, 11) is 0. The number of hydrogen-bond donors (Lipinski definition) is 0. The molecule has 0 amide bonds. The third kappa shape index (κ3) is 2.31. The Hall–Kier alpha value is -0.670. The quantitative estimate of drug-likeness (QED) is 0.705. The Morgan fingerprint density at radius 3 is 2.76 bits per heavy atom. The number of Topliss-reactive ketones (excluding diaryl/α,β-unsaturated/α-hetero) is 1. The van der Waals surface area contributed by atoms with Crippen LogP contribution in [0.2, 0.25) is 0 Å². The Bertz CT molecular complexity index is 317. The van der Waals surface area contributed by atoms with Crippen molar-refractivity contribution in [3.8, 4) is 0 Å². The molecule has 0 spiro atoms. The van der Waals surface area contributed by atoms with Gasteiger partial charge in [0.2, 0.25) is 0 Å². The third-order valence-corrected chi connectivity index (χ3v) is 4.30. The molecular formula is C14H20O3. The number of carbonyl (C=O) groups excluding carboxylic acids is 1. The molecule has 0 aromatic rings. The van der Waals surface area contributed by atoms with E-state index in [2.05, 4.69) is 12.2 Å². The lowest BCUT2D eigenvalue weighted by atomic mass is 9.77. The Morgan fingerprint density at radius 1 is 1.12 bits per heavy atom. The van der Waals surface area contributed by atoms with Gasteiger partial charge in [-0.25, -0.2) is 0 Å². The molecule has 3 heteroatoms. The lowest BCUT2D eigenvalue weighted by Crippen LogP contribution is -2.30. The molecule has 2 bridgehead atoms. The van der Waals surface area contributed by atoms with Crippen LogP contribution in [0, 0.1) is 17.8 Å². The molecular weight excluding hydrogens is 216 g/mol.